The minimum atomic E-state index is -0.929. The van der Waals surface area contributed by atoms with Crippen molar-refractivity contribution in [2.24, 2.45) is 0 Å². The van der Waals surface area contributed by atoms with Gasteiger partial charge in [-0.15, -0.1) is 0 Å². The number of carbonyl (C=O) groups excluding carboxylic acids is 1. The molecule has 1 heterocycles. The molecule has 2 rings (SSSR count). The number of aldehydes is 1. The molecule has 0 fully saturated rings. The molecule has 0 saturated heterocycles. The van der Waals surface area contributed by atoms with Crippen LogP contribution < -0.4 is 0 Å². The number of ether oxygens (including phenoxy) is 2. The summed E-state index contributed by atoms with van der Waals surface area (Å²) in [7, 11) is 0. The molecular weight excluding hydrogens is 214 g/mol. The summed E-state index contributed by atoms with van der Waals surface area (Å²) in [6.07, 6.45) is 0.685. The maximum atomic E-state index is 10.7. The smallest absolute Gasteiger partial charge is 0.280 e. The van der Waals surface area contributed by atoms with E-state index in [0.29, 0.717) is 6.29 Å². The molecule has 0 aliphatic carbocycles. The number of allylic oxidation sites excluding steroid dienone is 1. The fourth-order valence-electron chi connectivity index (χ4n) is 1.35. The normalized spacial score (nSPS) is 18.2. The average Bonchev–Trinajstić information content (AvgIpc) is 2.77. The minimum Gasteiger partial charge on any atom is -0.454 e. The van der Waals surface area contributed by atoms with E-state index in [2.05, 4.69) is 0 Å². The fourth-order valence-corrected chi connectivity index (χ4v) is 1.35. The first-order valence-corrected chi connectivity index (χ1v) is 4.43. The van der Waals surface area contributed by atoms with E-state index in [1.165, 1.54) is 12.1 Å². The monoisotopic (exact) mass is 221 g/mol. The highest BCUT2D eigenvalue weighted by molar-refractivity contribution is 5.70. The number of hydrogen-bond acceptors (Lipinski definition) is 5. The van der Waals surface area contributed by atoms with E-state index < -0.39 is 11.2 Å². The van der Waals surface area contributed by atoms with Crippen LogP contribution in [0, 0.1) is 10.1 Å². The van der Waals surface area contributed by atoms with Gasteiger partial charge in [-0.2, -0.15) is 0 Å². The molecule has 0 amide bonds. The Morgan fingerprint density at radius 3 is 2.75 bits per heavy atom. The van der Waals surface area contributed by atoms with Gasteiger partial charge in [0, 0.05) is 6.07 Å². The lowest BCUT2D eigenvalue weighted by Crippen LogP contribution is -2.03. The Labute approximate surface area is 90.2 Å². The lowest BCUT2D eigenvalue weighted by atomic mass is 10.2. The maximum absolute atomic E-state index is 10.7. The van der Waals surface area contributed by atoms with Crippen LogP contribution in [0.15, 0.2) is 36.3 Å². The molecule has 82 valence electrons. The van der Waals surface area contributed by atoms with Crippen LogP contribution in [0.2, 0.25) is 0 Å². The molecule has 0 radical (unpaired) electrons. The molecule has 16 heavy (non-hydrogen) atoms. The summed E-state index contributed by atoms with van der Waals surface area (Å²) in [5.74, 6) is 0.0168. The van der Waals surface area contributed by atoms with E-state index >= 15 is 0 Å². The third kappa shape index (κ3) is 1.72. The summed E-state index contributed by atoms with van der Waals surface area (Å²) >= 11 is 0. The summed E-state index contributed by atoms with van der Waals surface area (Å²) in [5, 5.41) is 10.7. The lowest BCUT2D eigenvalue weighted by molar-refractivity contribution is -0.386. The molecule has 1 aromatic rings. The Hall–Kier alpha value is -2.37. The highest BCUT2D eigenvalue weighted by Crippen LogP contribution is 2.33. The number of carbonyl (C=O) groups is 1. The molecule has 1 aliphatic rings. The molecule has 6 nitrogen and oxygen atoms in total. The second-order valence-corrected chi connectivity index (χ2v) is 3.04. The predicted octanol–water partition coefficient (Wildman–Crippen LogP) is 1.68. The Balaban J connectivity index is 2.29. The van der Waals surface area contributed by atoms with E-state index in [9.17, 15) is 14.9 Å². The van der Waals surface area contributed by atoms with Gasteiger partial charge in [-0.05, 0) is 6.07 Å². The number of nitrogens with zero attached hydrogens (tertiary/aromatic N) is 1. The first-order chi connectivity index (χ1) is 7.72. The molecule has 1 aliphatic heterocycles. The molecule has 0 bridgehead atoms. The first kappa shape index (κ1) is 10.2. The number of hydrogen-bond donors (Lipinski definition) is 0. The predicted molar refractivity (Wildman–Crippen MR) is 52.2 cm³/mol. The van der Waals surface area contributed by atoms with Gasteiger partial charge in [-0.25, -0.2) is 0 Å². The van der Waals surface area contributed by atoms with Crippen LogP contribution in [0.25, 0.3) is 0 Å². The summed E-state index contributed by atoms with van der Waals surface area (Å²) in [6.45, 7) is 0. The second kappa shape index (κ2) is 4.01. The Morgan fingerprint density at radius 1 is 1.38 bits per heavy atom. The molecule has 0 saturated carbocycles. The van der Waals surface area contributed by atoms with Gasteiger partial charge in [0.1, 0.15) is 11.8 Å². The van der Waals surface area contributed by atoms with Crippen molar-refractivity contribution >= 4 is 12.0 Å². The lowest BCUT2D eigenvalue weighted by Gasteiger charge is -2.10. The van der Waals surface area contributed by atoms with Crippen LogP contribution in [-0.4, -0.2) is 11.2 Å². The van der Waals surface area contributed by atoms with Crippen molar-refractivity contribution < 1.29 is 19.2 Å². The number of para-hydroxylation sites is 1. The van der Waals surface area contributed by atoms with Crippen molar-refractivity contribution in [3.8, 4) is 0 Å². The Kier molecular flexibility index (Phi) is 2.55. The van der Waals surface area contributed by atoms with Crippen LogP contribution in [0.4, 0.5) is 5.69 Å². The summed E-state index contributed by atoms with van der Waals surface area (Å²) in [6, 6.07) is 6.05. The van der Waals surface area contributed by atoms with Gasteiger partial charge in [0.2, 0.25) is 0 Å². The highest BCUT2D eigenvalue weighted by Gasteiger charge is 2.28. The van der Waals surface area contributed by atoms with Crippen molar-refractivity contribution in [2.45, 2.75) is 6.29 Å². The SMILES string of the molecule is O=CC1=COC(c2ccccc2[N+](=O)[O-])O1. The van der Waals surface area contributed by atoms with Gasteiger partial charge < -0.3 is 9.47 Å². The average molecular weight is 221 g/mol. The molecule has 6 heteroatoms. The van der Waals surface area contributed by atoms with Crippen LogP contribution in [0.5, 0.6) is 0 Å². The fraction of sp³-hybridized carbons (Fsp3) is 0.100. The summed E-state index contributed by atoms with van der Waals surface area (Å²) in [4.78, 5) is 20.6. The van der Waals surface area contributed by atoms with Gasteiger partial charge >= 0.3 is 0 Å². The highest BCUT2D eigenvalue weighted by atomic mass is 16.7. The maximum Gasteiger partial charge on any atom is 0.280 e. The van der Waals surface area contributed by atoms with Gasteiger partial charge in [-0.3, -0.25) is 14.9 Å². The largest absolute Gasteiger partial charge is 0.454 e. The molecule has 1 atom stereocenters. The van der Waals surface area contributed by atoms with E-state index in [-0.39, 0.29) is 17.0 Å². The number of benzene rings is 1. The minimum absolute atomic E-state index is 0.0168. The van der Waals surface area contributed by atoms with Gasteiger partial charge in [0.05, 0.1) is 4.92 Å². The van der Waals surface area contributed by atoms with E-state index in [4.69, 9.17) is 9.47 Å². The quantitative estimate of drug-likeness (QED) is 0.440. The topological polar surface area (TPSA) is 78.7 Å². The molecule has 1 aromatic carbocycles. The molecule has 0 spiro atoms. The number of nitro benzene ring substituents is 1. The van der Waals surface area contributed by atoms with Crippen molar-refractivity contribution in [1.29, 1.82) is 0 Å². The summed E-state index contributed by atoms with van der Waals surface area (Å²) < 4.78 is 10.1. The molecule has 0 N–H and O–H groups in total. The van der Waals surface area contributed by atoms with Crippen LogP contribution in [0.1, 0.15) is 11.9 Å². The first-order valence-electron chi connectivity index (χ1n) is 4.43. The zero-order chi connectivity index (χ0) is 11.5. The summed E-state index contributed by atoms with van der Waals surface area (Å²) in [5.41, 5.74) is 0.175. The third-order valence-electron chi connectivity index (χ3n) is 2.05. The Bertz CT molecular complexity index is 468. The van der Waals surface area contributed by atoms with Crippen LogP contribution in [-0.2, 0) is 14.3 Å². The van der Waals surface area contributed by atoms with Gasteiger partial charge in [0.25, 0.3) is 12.0 Å². The van der Waals surface area contributed by atoms with Gasteiger partial charge in [-0.1, -0.05) is 12.1 Å². The van der Waals surface area contributed by atoms with Gasteiger partial charge in [0.15, 0.2) is 12.0 Å². The van der Waals surface area contributed by atoms with Crippen LogP contribution >= 0.6 is 0 Å². The molecule has 1 unspecified atom stereocenters. The Morgan fingerprint density at radius 2 is 2.12 bits per heavy atom. The van der Waals surface area contributed by atoms with E-state index in [0.717, 1.165) is 6.26 Å². The third-order valence-corrected chi connectivity index (χ3v) is 2.05. The zero-order valence-electron chi connectivity index (χ0n) is 8.03. The zero-order valence-corrected chi connectivity index (χ0v) is 8.03. The van der Waals surface area contributed by atoms with Crippen molar-refractivity contribution in [2.75, 3.05) is 0 Å². The van der Waals surface area contributed by atoms with Crippen LogP contribution in [0.3, 0.4) is 0 Å². The van der Waals surface area contributed by atoms with E-state index in [1.54, 1.807) is 12.1 Å². The number of rotatable bonds is 3. The molecular formula is C10H7NO5. The van der Waals surface area contributed by atoms with Crippen molar-refractivity contribution in [3.63, 3.8) is 0 Å². The van der Waals surface area contributed by atoms with Crippen molar-refractivity contribution in [3.05, 3.63) is 52.0 Å². The van der Waals surface area contributed by atoms with Crippen molar-refractivity contribution in [1.82, 2.24) is 0 Å². The standard InChI is InChI=1S/C10H7NO5/c12-5-7-6-15-10(16-7)8-3-1-2-4-9(8)11(13)14/h1-6,10H. The van der Waals surface area contributed by atoms with E-state index in [1.807, 2.05) is 0 Å². The second-order valence-electron chi connectivity index (χ2n) is 3.04. The number of nitro groups is 1. The molecule has 0 aromatic heterocycles.